The monoisotopic (exact) mass is 567 g/mol. The Kier molecular flexibility index (Phi) is 7.33. The Labute approximate surface area is 227 Å². The number of carbonyl (C=O) groups is 1. The molecule has 0 unspecified atom stereocenters. The molecule has 2 atom stereocenters. The fourth-order valence-corrected chi connectivity index (χ4v) is 8.40. The van der Waals surface area contributed by atoms with Crippen LogP contribution in [0.3, 0.4) is 0 Å². The molecule has 2 aliphatic carbocycles. The average molecular weight is 568 g/mol. The van der Waals surface area contributed by atoms with Crippen LogP contribution in [0.15, 0.2) is 51.7 Å². The van der Waals surface area contributed by atoms with Crippen LogP contribution in [0.4, 0.5) is 13.2 Å². The van der Waals surface area contributed by atoms with Gasteiger partial charge in [-0.1, -0.05) is 35.4 Å². The lowest BCUT2D eigenvalue weighted by Gasteiger charge is -2.40. The molecule has 10 heteroatoms. The van der Waals surface area contributed by atoms with Gasteiger partial charge in [-0.15, -0.1) is 0 Å². The molecule has 2 aromatic rings. The number of amides is 1. The number of benzene rings is 2. The van der Waals surface area contributed by atoms with Crippen molar-refractivity contribution < 1.29 is 22.2 Å². The first-order chi connectivity index (χ1) is 18.0. The van der Waals surface area contributed by atoms with Gasteiger partial charge in [-0.3, -0.25) is 4.79 Å². The van der Waals surface area contributed by atoms with Gasteiger partial charge in [0.1, 0.15) is 21.8 Å². The van der Waals surface area contributed by atoms with E-state index in [1.807, 2.05) is 19.1 Å². The molecule has 0 radical (unpaired) electrons. The molecule has 0 bridgehead atoms. The molecule has 1 saturated heterocycles. The minimum atomic E-state index is -3.05. The standard InChI is InChI=1S/C28H33ClF3N3O2S/c1-19-5-9-23(10-6-19)38(37,33-2)35-15-3-4-25(35)26(36)34(17-20-7-8-21(29)16-24(20)30)22-11-13-27(14-12-22)18-28(27,31)32/h5-10,16,22,25H,3-4,11-15,17-18H2,1-2H3/t22?,25-,27?,38+/m0/s1. The highest BCUT2D eigenvalue weighted by atomic mass is 35.5. The van der Waals surface area contributed by atoms with E-state index in [9.17, 15) is 22.2 Å². The van der Waals surface area contributed by atoms with Gasteiger partial charge in [0.15, 0.2) is 0 Å². The lowest BCUT2D eigenvalue weighted by molar-refractivity contribution is -0.139. The minimum absolute atomic E-state index is 0.00474. The van der Waals surface area contributed by atoms with E-state index >= 15 is 0 Å². The Morgan fingerprint density at radius 2 is 1.82 bits per heavy atom. The van der Waals surface area contributed by atoms with Crippen LogP contribution in [0.2, 0.25) is 5.02 Å². The summed E-state index contributed by atoms with van der Waals surface area (Å²) in [6.07, 6.45) is 2.57. The summed E-state index contributed by atoms with van der Waals surface area (Å²) in [5, 5.41) is 0.254. The molecule has 5 rings (SSSR count). The predicted molar refractivity (Wildman–Crippen MR) is 142 cm³/mol. The maximum absolute atomic E-state index is 14.8. The molecule has 1 heterocycles. The summed E-state index contributed by atoms with van der Waals surface area (Å²) >= 11 is 5.95. The van der Waals surface area contributed by atoms with Crippen molar-refractivity contribution in [1.29, 1.82) is 0 Å². The number of hydrogen-bond donors (Lipinski definition) is 0. The highest BCUT2D eigenvalue weighted by Crippen LogP contribution is 2.67. The third kappa shape index (κ3) is 4.86. The predicted octanol–water partition coefficient (Wildman–Crippen LogP) is 6.62. The van der Waals surface area contributed by atoms with Gasteiger partial charge in [0, 0.05) is 48.6 Å². The van der Waals surface area contributed by atoms with Gasteiger partial charge in [0.2, 0.25) is 5.91 Å². The molecule has 38 heavy (non-hydrogen) atoms. The van der Waals surface area contributed by atoms with E-state index in [4.69, 9.17) is 11.6 Å². The summed E-state index contributed by atoms with van der Waals surface area (Å²) in [5.41, 5.74) is 0.376. The largest absolute Gasteiger partial charge is 0.334 e. The third-order valence-corrected chi connectivity index (χ3v) is 11.3. The first-order valence-electron chi connectivity index (χ1n) is 13.1. The molecular formula is C28H33ClF3N3O2S. The summed E-state index contributed by atoms with van der Waals surface area (Å²) in [6, 6.07) is 10.6. The molecule has 2 aromatic carbocycles. The topological polar surface area (TPSA) is 53.0 Å². The molecule has 1 amide bonds. The summed E-state index contributed by atoms with van der Waals surface area (Å²) in [7, 11) is -1.55. The molecule has 1 spiro atoms. The van der Waals surface area contributed by atoms with E-state index in [-0.39, 0.29) is 29.9 Å². The highest BCUT2D eigenvalue weighted by molar-refractivity contribution is 7.91. The van der Waals surface area contributed by atoms with Gasteiger partial charge in [-0.25, -0.2) is 26.0 Å². The fraction of sp³-hybridized carbons (Fsp3) is 0.536. The second-order valence-electron chi connectivity index (χ2n) is 10.9. The van der Waals surface area contributed by atoms with Crippen LogP contribution in [0, 0.1) is 18.2 Å². The summed E-state index contributed by atoms with van der Waals surface area (Å²) < 4.78 is 63.1. The van der Waals surface area contributed by atoms with Crippen molar-refractivity contribution in [2.45, 2.75) is 81.3 Å². The Bertz CT molecular complexity index is 1340. The zero-order chi connectivity index (χ0) is 27.3. The van der Waals surface area contributed by atoms with Crippen LogP contribution in [-0.2, 0) is 21.3 Å². The van der Waals surface area contributed by atoms with Gasteiger partial charge in [-0.05, 0) is 69.7 Å². The maximum Gasteiger partial charge on any atom is 0.254 e. The lowest BCUT2D eigenvalue weighted by atomic mass is 9.82. The Morgan fingerprint density at radius 1 is 1.16 bits per heavy atom. The van der Waals surface area contributed by atoms with Gasteiger partial charge in [-0.2, -0.15) is 0 Å². The number of carbonyl (C=O) groups excluding carboxylic acids is 1. The molecule has 1 aliphatic heterocycles. The van der Waals surface area contributed by atoms with Gasteiger partial charge >= 0.3 is 0 Å². The number of alkyl halides is 2. The normalized spacial score (nSPS) is 28.2. The first-order valence-corrected chi connectivity index (χ1v) is 15.0. The van der Waals surface area contributed by atoms with Crippen LogP contribution in [0.1, 0.15) is 56.1 Å². The zero-order valence-corrected chi connectivity index (χ0v) is 23.2. The van der Waals surface area contributed by atoms with Crippen LogP contribution in [0.25, 0.3) is 0 Å². The lowest BCUT2D eigenvalue weighted by Crippen LogP contribution is -2.51. The number of rotatable bonds is 6. The van der Waals surface area contributed by atoms with Gasteiger partial charge < -0.3 is 4.90 Å². The van der Waals surface area contributed by atoms with Crippen LogP contribution >= 0.6 is 11.6 Å². The second kappa shape index (κ2) is 10.1. The van der Waals surface area contributed by atoms with Crippen LogP contribution in [-0.4, -0.2) is 50.9 Å². The van der Waals surface area contributed by atoms with E-state index in [1.54, 1.807) is 33.5 Å². The quantitative estimate of drug-likeness (QED) is 0.394. The van der Waals surface area contributed by atoms with Crippen molar-refractivity contribution >= 4 is 27.4 Å². The Balaban J connectivity index is 1.45. The van der Waals surface area contributed by atoms with Crippen molar-refractivity contribution in [2.24, 2.45) is 9.78 Å². The maximum atomic E-state index is 14.8. The molecule has 0 aromatic heterocycles. The molecule has 5 nitrogen and oxygen atoms in total. The number of hydrogen-bond acceptors (Lipinski definition) is 3. The van der Waals surface area contributed by atoms with E-state index in [0.717, 1.165) is 5.56 Å². The summed E-state index contributed by atoms with van der Waals surface area (Å²) in [4.78, 5) is 16.4. The van der Waals surface area contributed by atoms with Crippen LogP contribution in [0.5, 0.6) is 0 Å². The summed E-state index contributed by atoms with van der Waals surface area (Å²) in [6.45, 7) is 2.37. The Morgan fingerprint density at radius 3 is 2.39 bits per heavy atom. The van der Waals surface area contributed by atoms with Crippen LogP contribution < -0.4 is 0 Å². The van der Waals surface area contributed by atoms with Crippen molar-refractivity contribution in [1.82, 2.24) is 9.21 Å². The second-order valence-corrected chi connectivity index (χ2v) is 13.6. The SMILES string of the molecule is CN=[S@](=O)(c1ccc(C)cc1)N1CCC[C@H]1C(=O)N(Cc1ccc(Cl)cc1F)C1CCC2(CC1)CC2(F)F. The molecule has 0 N–H and O–H groups in total. The molecule has 206 valence electrons. The van der Waals surface area contributed by atoms with Crippen molar-refractivity contribution in [3.63, 3.8) is 0 Å². The van der Waals surface area contributed by atoms with Crippen molar-refractivity contribution in [2.75, 3.05) is 13.6 Å². The van der Waals surface area contributed by atoms with Gasteiger partial charge in [0.25, 0.3) is 5.92 Å². The van der Waals surface area contributed by atoms with E-state index in [2.05, 4.69) is 4.36 Å². The van der Waals surface area contributed by atoms with E-state index in [0.29, 0.717) is 55.5 Å². The zero-order valence-electron chi connectivity index (χ0n) is 21.6. The van der Waals surface area contributed by atoms with Crippen molar-refractivity contribution in [3.8, 4) is 0 Å². The van der Waals surface area contributed by atoms with E-state index in [1.165, 1.54) is 13.1 Å². The number of halogens is 4. The van der Waals surface area contributed by atoms with E-state index < -0.39 is 33.1 Å². The smallest absolute Gasteiger partial charge is 0.254 e. The molecule has 2 saturated carbocycles. The van der Waals surface area contributed by atoms with Crippen molar-refractivity contribution in [3.05, 3.63) is 64.4 Å². The average Bonchev–Trinajstić information content (AvgIpc) is 3.21. The minimum Gasteiger partial charge on any atom is -0.334 e. The highest BCUT2D eigenvalue weighted by Gasteiger charge is 2.70. The molecular weight excluding hydrogens is 535 g/mol. The fourth-order valence-electron chi connectivity index (χ4n) is 6.15. The molecule has 3 fully saturated rings. The summed E-state index contributed by atoms with van der Waals surface area (Å²) in [5.74, 6) is -3.42. The third-order valence-electron chi connectivity index (χ3n) is 8.59. The first kappa shape index (κ1) is 27.5. The number of aryl methyl sites for hydroxylation is 1. The molecule has 3 aliphatic rings. The Hall–Kier alpha value is -2.10. The number of nitrogens with zero attached hydrogens (tertiary/aromatic N) is 3. The van der Waals surface area contributed by atoms with Gasteiger partial charge in [0.05, 0.1) is 4.90 Å².